The van der Waals surface area contributed by atoms with Crippen molar-refractivity contribution >= 4 is 17.4 Å². The zero-order valence-electron chi connectivity index (χ0n) is 13.1. The van der Waals surface area contributed by atoms with E-state index in [1.54, 1.807) is 24.3 Å². The van der Waals surface area contributed by atoms with Crippen LogP contribution in [0.5, 0.6) is 0 Å². The van der Waals surface area contributed by atoms with E-state index in [0.717, 1.165) is 0 Å². The van der Waals surface area contributed by atoms with Crippen molar-refractivity contribution in [3.63, 3.8) is 0 Å². The molecule has 0 aliphatic rings. The van der Waals surface area contributed by atoms with Gasteiger partial charge in [0.1, 0.15) is 6.54 Å². The molecule has 2 aromatic rings. The molecule has 1 aromatic carbocycles. The van der Waals surface area contributed by atoms with Gasteiger partial charge >= 0.3 is 0 Å². The molecular formula is C15H19N5O2. The van der Waals surface area contributed by atoms with Crippen LogP contribution in [-0.4, -0.2) is 31.9 Å². The van der Waals surface area contributed by atoms with Crippen LogP contribution in [0.15, 0.2) is 24.3 Å². The zero-order chi connectivity index (χ0) is 16.3. The fraction of sp³-hybridized carbons (Fsp3) is 0.400. The maximum atomic E-state index is 12.1. The first-order valence-electron chi connectivity index (χ1n) is 6.95. The lowest BCUT2D eigenvalue weighted by atomic mass is 9.96. The number of tetrazole rings is 1. The van der Waals surface area contributed by atoms with E-state index in [2.05, 4.69) is 20.8 Å². The standard InChI is InChI=1S/C15H19N5O2/c1-10(21)11-6-5-7-12(8-11)16-13(22)9-20-14(15(2,3)4)17-18-19-20/h5-8H,9H2,1-4H3,(H,16,22). The lowest BCUT2D eigenvalue weighted by molar-refractivity contribution is -0.117. The molecule has 1 aromatic heterocycles. The van der Waals surface area contributed by atoms with Crippen LogP contribution >= 0.6 is 0 Å². The van der Waals surface area contributed by atoms with Gasteiger partial charge in [0.05, 0.1) is 0 Å². The van der Waals surface area contributed by atoms with Crippen LogP contribution in [-0.2, 0) is 16.8 Å². The van der Waals surface area contributed by atoms with Gasteiger partial charge in [-0.15, -0.1) is 5.10 Å². The van der Waals surface area contributed by atoms with Crippen LogP contribution in [0, 0.1) is 0 Å². The van der Waals surface area contributed by atoms with Crippen molar-refractivity contribution in [1.29, 1.82) is 0 Å². The van der Waals surface area contributed by atoms with E-state index >= 15 is 0 Å². The molecule has 0 aliphatic heterocycles. The van der Waals surface area contributed by atoms with E-state index in [1.807, 2.05) is 20.8 Å². The highest BCUT2D eigenvalue weighted by molar-refractivity contribution is 5.97. The minimum atomic E-state index is -0.252. The van der Waals surface area contributed by atoms with E-state index in [0.29, 0.717) is 17.1 Å². The molecule has 0 fully saturated rings. The van der Waals surface area contributed by atoms with Gasteiger partial charge in [0.2, 0.25) is 5.91 Å². The molecule has 7 heteroatoms. The molecule has 0 radical (unpaired) electrons. The summed E-state index contributed by atoms with van der Waals surface area (Å²) in [5.74, 6) is 0.338. The molecule has 22 heavy (non-hydrogen) atoms. The smallest absolute Gasteiger partial charge is 0.246 e. The molecular weight excluding hydrogens is 282 g/mol. The minimum absolute atomic E-state index is 0.0178. The first kappa shape index (κ1) is 15.8. The number of rotatable bonds is 4. The Morgan fingerprint density at radius 3 is 2.64 bits per heavy atom. The fourth-order valence-electron chi connectivity index (χ4n) is 2.00. The molecule has 0 spiro atoms. The van der Waals surface area contributed by atoms with Crippen molar-refractivity contribution in [2.45, 2.75) is 39.7 Å². The number of anilines is 1. The molecule has 0 saturated heterocycles. The normalized spacial score (nSPS) is 11.3. The second-order valence-electron chi connectivity index (χ2n) is 6.10. The predicted octanol–water partition coefficient (Wildman–Crippen LogP) is 1.81. The van der Waals surface area contributed by atoms with E-state index in [-0.39, 0.29) is 23.7 Å². The third-order valence-electron chi connectivity index (χ3n) is 3.05. The second-order valence-corrected chi connectivity index (χ2v) is 6.10. The van der Waals surface area contributed by atoms with Gasteiger partial charge in [-0.3, -0.25) is 9.59 Å². The Hall–Kier alpha value is -2.57. The number of Topliss-reactive ketones (excluding diaryl/α,β-unsaturated/α-hetero) is 1. The van der Waals surface area contributed by atoms with Gasteiger partial charge in [0, 0.05) is 16.7 Å². The average Bonchev–Trinajstić information content (AvgIpc) is 2.86. The summed E-state index contributed by atoms with van der Waals surface area (Å²) in [4.78, 5) is 23.5. The van der Waals surface area contributed by atoms with Crippen LogP contribution in [0.3, 0.4) is 0 Å². The van der Waals surface area contributed by atoms with Gasteiger partial charge in [0.25, 0.3) is 0 Å². The lowest BCUT2D eigenvalue weighted by Gasteiger charge is -2.16. The molecule has 0 aliphatic carbocycles. The van der Waals surface area contributed by atoms with Crippen molar-refractivity contribution in [2.24, 2.45) is 0 Å². The molecule has 2 rings (SSSR count). The van der Waals surface area contributed by atoms with Crippen molar-refractivity contribution < 1.29 is 9.59 Å². The molecule has 0 atom stereocenters. The van der Waals surface area contributed by atoms with Crippen LogP contribution in [0.2, 0.25) is 0 Å². The van der Waals surface area contributed by atoms with Gasteiger partial charge in [-0.2, -0.15) is 0 Å². The highest BCUT2D eigenvalue weighted by Crippen LogP contribution is 2.18. The number of nitrogens with zero attached hydrogens (tertiary/aromatic N) is 4. The Bertz CT molecular complexity index is 700. The maximum absolute atomic E-state index is 12.1. The van der Waals surface area contributed by atoms with Gasteiger partial charge in [0.15, 0.2) is 11.6 Å². The average molecular weight is 301 g/mol. The molecule has 0 saturated carbocycles. The number of ketones is 1. The van der Waals surface area contributed by atoms with Crippen molar-refractivity contribution in [3.05, 3.63) is 35.7 Å². The van der Waals surface area contributed by atoms with E-state index in [1.165, 1.54) is 11.6 Å². The summed E-state index contributed by atoms with van der Waals surface area (Å²) in [6.45, 7) is 7.43. The number of hydrogen-bond donors (Lipinski definition) is 1. The van der Waals surface area contributed by atoms with Gasteiger partial charge in [-0.25, -0.2) is 4.68 Å². The number of carbonyl (C=O) groups is 2. The Labute approximate surface area is 128 Å². The van der Waals surface area contributed by atoms with Gasteiger partial charge < -0.3 is 5.32 Å². The zero-order valence-corrected chi connectivity index (χ0v) is 13.1. The summed E-state index contributed by atoms with van der Waals surface area (Å²) < 4.78 is 1.48. The minimum Gasteiger partial charge on any atom is -0.324 e. The molecule has 7 nitrogen and oxygen atoms in total. The van der Waals surface area contributed by atoms with Crippen LogP contribution < -0.4 is 5.32 Å². The molecule has 1 amide bonds. The first-order chi connectivity index (χ1) is 10.3. The third kappa shape index (κ3) is 3.75. The summed E-state index contributed by atoms with van der Waals surface area (Å²) in [6, 6.07) is 6.81. The van der Waals surface area contributed by atoms with Crippen LogP contribution in [0.1, 0.15) is 43.9 Å². The monoisotopic (exact) mass is 301 g/mol. The summed E-state index contributed by atoms with van der Waals surface area (Å²) in [6.07, 6.45) is 0. The third-order valence-corrected chi connectivity index (χ3v) is 3.05. The predicted molar refractivity (Wildman–Crippen MR) is 81.6 cm³/mol. The highest BCUT2D eigenvalue weighted by atomic mass is 16.2. The van der Waals surface area contributed by atoms with Crippen LogP contribution in [0.25, 0.3) is 0 Å². The largest absolute Gasteiger partial charge is 0.324 e. The van der Waals surface area contributed by atoms with Crippen LogP contribution in [0.4, 0.5) is 5.69 Å². The fourth-order valence-corrected chi connectivity index (χ4v) is 2.00. The summed E-state index contributed by atoms with van der Waals surface area (Å²) in [5.41, 5.74) is 0.872. The van der Waals surface area contributed by atoms with Crippen molar-refractivity contribution in [1.82, 2.24) is 20.2 Å². The Morgan fingerprint density at radius 1 is 1.27 bits per heavy atom. The van der Waals surface area contributed by atoms with Gasteiger partial charge in [-0.05, 0) is 29.5 Å². The molecule has 1 heterocycles. The molecule has 1 N–H and O–H groups in total. The van der Waals surface area contributed by atoms with E-state index in [9.17, 15) is 9.59 Å². The number of aromatic nitrogens is 4. The molecule has 0 bridgehead atoms. The summed E-state index contributed by atoms with van der Waals surface area (Å²) in [7, 11) is 0. The Balaban J connectivity index is 2.10. The topological polar surface area (TPSA) is 89.8 Å². The molecule has 0 unspecified atom stereocenters. The van der Waals surface area contributed by atoms with Crippen molar-refractivity contribution in [3.8, 4) is 0 Å². The quantitative estimate of drug-likeness (QED) is 0.870. The maximum Gasteiger partial charge on any atom is 0.246 e. The first-order valence-corrected chi connectivity index (χ1v) is 6.95. The Kier molecular flexibility index (Phi) is 4.35. The SMILES string of the molecule is CC(=O)c1cccc(NC(=O)Cn2nnnc2C(C)(C)C)c1. The number of hydrogen-bond acceptors (Lipinski definition) is 5. The summed E-state index contributed by atoms with van der Waals surface area (Å²) in [5, 5.41) is 14.2. The number of amides is 1. The Morgan fingerprint density at radius 2 is 2.00 bits per heavy atom. The van der Waals surface area contributed by atoms with Crippen molar-refractivity contribution in [2.75, 3.05) is 5.32 Å². The van der Waals surface area contributed by atoms with Gasteiger partial charge in [-0.1, -0.05) is 32.9 Å². The number of benzene rings is 1. The number of nitrogens with one attached hydrogen (secondary N) is 1. The highest BCUT2D eigenvalue weighted by Gasteiger charge is 2.23. The molecule has 116 valence electrons. The number of carbonyl (C=O) groups excluding carboxylic acids is 2. The van der Waals surface area contributed by atoms with E-state index < -0.39 is 0 Å². The summed E-state index contributed by atoms with van der Waals surface area (Å²) >= 11 is 0. The van der Waals surface area contributed by atoms with E-state index in [4.69, 9.17) is 0 Å². The second kappa shape index (κ2) is 6.05. The lowest BCUT2D eigenvalue weighted by Crippen LogP contribution is -2.25.